The molecule has 3 nitrogen and oxygen atoms in total. The average Bonchev–Trinajstić information content (AvgIpc) is 2.72. The van der Waals surface area contributed by atoms with Gasteiger partial charge in [0.15, 0.2) is 0 Å². The molecule has 0 spiro atoms. The summed E-state index contributed by atoms with van der Waals surface area (Å²) in [4.78, 5) is 2.43. The smallest absolute Gasteiger partial charge is 0.112 e. The van der Waals surface area contributed by atoms with Crippen molar-refractivity contribution in [2.75, 3.05) is 26.3 Å². The minimum Gasteiger partial charge on any atom is -0.383 e. The van der Waals surface area contributed by atoms with Crippen LogP contribution in [0.1, 0.15) is 29.9 Å². The molecule has 2 fully saturated rings. The number of benzene rings is 1. The predicted octanol–water partition coefficient (Wildman–Crippen LogP) is 1.47. The van der Waals surface area contributed by atoms with E-state index in [1.54, 1.807) is 0 Å². The lowest BCUT2D eigenvalue weighted by Crippen LogP contribution is -2.56. The van der Waals surface area contributed by atoms with E-state index < -0.39 is 5.60 Å². The average molecular weight is 245 g/mol. The topological polar surface area (TPSA) is 32.7 Å². The lowest BCUT2D eigenvalue weighted by Gasteiger charge is -2.49. The number of aliphatic hydroxyl groups is 1. The van der Waals surface area contributed by atoms with Crippen LogP contribution in [0.5, 0.6) is 0 Å². The van der Waals surface area contributed by atoms with Gasteiger partial charge in [0.05, 0.1) is 13.2 Å². The van der Waals surface area contributed by atoms with Crippen LogP contribution in [0.4, 0.5) is 0 Å². The zero-order valence-corrected chi connectivity index (χ0v) is 10.5. The van der Waals surface area contributed by atoms with Gasteiger partial charge in [-0.1, -0.05) is 24.3 Å². The highest BCUT2D eigenvalue weighted by atomic mass is 16.5. The van der Waals surface area contributed by atoms with Gasteiger partial charge in [-0.2, -0.15) is 0 Å². The van der Waals surface area contributed by atoms with Crippen molar-refractivity contribution in [3.05, 3.63) is 35.4 Å². The molecule has 0 radical (unpaired) electrons. The summed E-state index contributed by atoms with van der Waals surface area (Å²) in [5.74, 6) is 0.363. The molecule has 1 aromatic rings. The van der Waals surface area contributed by atoms with Crippen molar-refractivity contribution >= 4 is 0 Å². The number of nitrogens with zero attached hydrogens (tertiary/aromatic N) is 1. The largest absolute Gasteiger partial charge is 0.383 e. The van der Waals surface area contributed by atoms with Crippen molar-refractivity contribution in [1.82, 2.24) is 4.90 Å². The van der Waals surface area contributed by atoms with E-state index in [0.29, 0.717) is 12.0 Å². The normalized spacial score (nSPS) is 38.9. The minimum absolute atomic E-state index is 0.293. The number of ether oxygens (including phenoxy) is 1. The molecule has 3 heteroatoms. The third-order valence-electron chi connectivity index (χ3n) is 5.02. The molecule has 0 amide bonds. The molecule has 1 saturated heterocycles. The van der Waals surface area contributed by atoms with Gasteiger partial charge >= 0.3 is 0 Å². The van der Waals surface area contributed by atoms with Crippen LogP contribution < -0.4 is 0 Å². The molecule has 1 aromatic carbocycles. The Hall–Kier alpha value is -0.900. The van der Waals surface area contributed by atoms with Crippen LogP contribution in [-0.2, 0) is 10.3 Å². The standard InChI is InChI=1S/C15H19NO2/c17-15-12-4-2-1-3-11(12)13(15)5-6-14(15)16-7-9-18-10-8-16/h1-4,13-14,17H,5-10H2/t13-,14+,15-/m1/s1. The Kier molecular flexibility index (Phi) is 2.31. The van der Waals surface area contributed by atoms with Crippen LogP contribution in [0.15, 0.2) is 24.3 Å². The summed E-state index contributed by atoms with van der Waals surface area (Å²) >= 11 is 0. The van der Waals surface area contributed by atoms with Gasteiger partial charge in [-0.3, -0.25) is 4.90 Å². The zero-order valence-electron chi connectivity index (χ0n) is 10.5. The van der Waals surface area contributed by atoms with Gasteiger partial charge in [-0.25, -0.2) is 0 Å². The summed E-state index contributed by atoms with van der Waals surface area (Å²) in [6.07, 6.45) is 2.23. The van der Waals surface area contributed by atoms with Crippen molar-refractivity contribution in [2.24, 2.45) is 0 Å². The molecule has 4 rings (SSSR count). The van der Waals surface area contributed by atoms with Gasteiger partial charge in [-0.15, -0.1) is 0 Å². The highest BCUT2D eigenvalue weighted by Gasteiger charge is 2.60. The van der Waals surface area contributed by atoms with E-state index in [0.717, 1.165) is 39.1 Å². The summed E-state index contributed by atoms with van der Waals surface area (Å²) in [6.45, 7) is 3.53. The summed E-state index contributed by atoms with van der Waals surface area (Å²) in [5.41, 5.74) is 1.95. The van der Waals surface area contributed by atoms with Crippen molar-refractivity contribution in [1.29, 1.82) is 0 Å². The van der Waals surface area contributed by atoms with Crippen LogP contribution in [0.25, 0.3) is 0 Å². The van der Waals surface area contributed by atoms with Crippen molar-refractivity contribution in [2.45, 2.75) is 30.4 Å². The molecule has 1 aliphatic heterocycles. The Balaban J connectivity index is 1.68. The van der Waals surface area contributed by atoms with Crippen molar-refractivity contribution in [3.63, 3.8) is 0 Å². The number of morpholine rings is 1. The Bertz CT molecular complexity index is 469. The van der Waals surface area contributed by atoms with E-state index >= 15 is 0 Å². The van der Waals surface area contributed by atoms with E-state index in [2.05, 4.69) is 23.1 Å². The summed E-state index contributed by atoms with van der Waals surface area (Å²) in [7, 11) is 0. The Morgan fingerprint density at radius 1 is 1.17 bits per heavy atom. The third-order valence-corrected chi connectivity index (χ3v) is 5.02. The fourth-order valence-corrected chi connectivity index (χ4v) is 4.19. The Labute approximate surface area is 107 Å². The summed E-state index contributed by atoms with van der Waals surface area (Å²) < 4.78 is 5.42. The molecule has 96 valence electrons. The molecule has 0 aromatic heterocycles. The van der Waals surface area contributed by atoms with E-state index in [9.17, 15) is 5.11 Å². The van der Waals surface area contributed by atoms with E-state index in [1.165, 1.54) is 11.1 Å². The molecule has 1 heterocycles. The first kappa shape index (κ1) is 11.0. The van der Waals surface area contributed by atoms with E-state index in [-0.39, 0.29) is 0 Å². The molecule has 0 unspecified atom stereocenters. The second kappa shape index (κ2) is 3.80. The van der Waals surface area contributed by atoms with Crippen molar-refractivity contribution < 1.29 is 9.84 Å². The number of rotatable bonds is 1. The van der Waals surface area contributed by atoms with Gasteiger partial charge in [0.1, 0.15) is 5.60 Å². The first-order valence-corrected chi connectivity index (χ1v) is 6.95. The van der Waals surface area contributed by atoms with Gasteiger partial charge in [0.2, 0.25) is 0 Å². The molecule has 3 atom stereocenters. The monoisotopic (exact) mass is 245 g/mol. The first-order chi connectivity index (χ1) is 8.82. The molecule has 1 saturated carbocycles. The van der Waals surface area contributed by atoms with Gasteiger partial charge < -0.3 is 9.84 Å². The highest BCUT2D eigenvalue weighted by molar-refractivity contribution is 5.50. The van der Waals surface area contributed by atoms with Gasteiger partial charge in [0, 0.05) is 25.0 Å². The maximum Gasteiger partial charge on any atom is 0.112 e. The van der Waals surface area contributed by atoms with Crippen LogP contribution in [0.2, 0.25) is 0 Å². The predicted molar refractivity (Wildman–Crippen MR) is 68.5 cm³/mol. The molecule has 18 heavy (non-hydrogen) atoms. The van der Waals surface area contributed by atoms with E-state index in [4.69, 9.17) is 4.74 Å². The Morgan fingerprint density at radius 2 is 1.94 bits per heavy atom. The minimum atomic E-state index is -0.589. The summed E-state index contributed by atoms with van der Waals surface area (Å²) in [5, 5.41) is 11.1. The lowest BCUT2D eigenvalue weighted by atomic mass is 9.64. The molecular weight excluding hydrogens is 226 g/mol. The lowest BCUT2D eigenvalue weighted by molar-refractivity contribution is -0.0878. The van der Waals surface area contributed by atoms with Gasteiger partial charge in [0.25, 0.3) is 0 Å². The SMILES string of the molecule is O[C@]12c3ccccc3[C@H]1CC[C@@H]2N1CCOCC1. The fraction of sp³-hybridized carbons (Fsp3) is 0.600. The zero-order chi connectivity index (χ0) is 12.2. The van der Waals surface area contributed by atoms with Crippen LogP contribution >= 0.6 is 0 Å². The first-order valence-electron chi connectivity index (χ1n) is 6.95. The molecular formula is C15H19NO2. The second-order valence-corrected chi connectivity index (χ2v) is 5.71. The molecule has 0 bridgehead atoms. The quantitative estimate of drug-likeness (QED) is 0.813. The maximum absolute atomic E-state index is 11.1. The van der Waals surface area contributed by atoms with Crippen LogP contribution in [0, 0.1) is 0 Å². The summed E-state index contributed by atoms with van der Waals surface area (Å²) in [6, 6.07) is 8.70. The van der Waals surface area contributed by atoms with Gasteiger partial charge in [-0.05, 0) is 24.0 Å². The fourth-order valence-electron chi connectivity index (χ4n) is 4.19. The highest BCUT2D eigenvalue weighted by Crippen LogP contribution is 2.60. The third kappa shape index (κ3) is 1.25. The van der Waals surface area contributed by atoms with Crippen LogP contribution in [0.3, 0.4) is 0 Å². The second-order valence-electron chi connectivity index (χ2n) is 5.71. The molecule has 1 N–H and O–H groups in total. The number of fused-ring (bicyclic) bond motifs is 4. The molecule has 2 aliphatic carbocycles. The number of hydrogen-bond acceptors (Lipinski definition) is 3. The Morgan fingerprint density at radius 3 is 2.78 bits per heavy atom. The number of hydrogen-bond donors (Lipinski definition) is 1. The van der Waals surface area contributed by atoms with E-state index in [1.807, 2.05) is 6.07 Å². The van der Waals surface area contributed by atoms with Crippen molar-refractivity contribution in [3.8, 4) is 0 Å². The maximum atomic E-state index is 11.1. The van der Waals surface area contributed by atoms with Crippen LogP contribution in [-0.4, -0.2) is 42.4 Å². The molecule has 3 aliphatic rings.